The normalized spacial score (nSPS) is 15.6. The van der Waals surface area contributed by atoms with Crippen LogP contribution in [0.2, 0.25) is 0 Å². The average molecular weight is 484 g/mol. The second-order valence-corrected chi connectivity index (χ2v) is 11.4. The van der Waals surface area contributed by atoms with Crippen LogP contribution in [-0.4, -0.2) is 16.8 Å². The number of primary amides is 1. The molecule has 1 aliphatic carbocycles. The van der Waals surface area contributed by atoms with Crippen LogP contribution in [0, 0.1) is 11.3 Å². The minimum Gasteiger partial charge on any atom is -0.365 e. The van der Waals surface area contributed by atoms with E-state index in [1.165, 1.54) is 11.3 Å². The number of fused-ring (bicyclic) bond motifs is 2. The van der Waals surface area contributed by atoms with E-state index in [9.17, 15) is 9.59 Å². The van der Waals surface area contributed by atoms with Crippen molar-refractivity contribution in [3.05, 3.63) is 82.2 Å². The van der Waals surface area contributed by atoms with E-state index in [1.807, 2.05) is 60.7 Å². The smallest absolute Gasteiger partial charge is 0.257 e. The second kappa shape index (κ2) is 8.93. The fourth-order valence-electron chi connectivity index (χ4n) is 4.96. The molecule has 0 spiro atoms. The Labute approximate surface area is 209 Å². The summed E-state index contributed by atoms with van der Waals surface area (Å²) in [6, 6.07) is 19.2. The van der Waals surface area contributed by atoms with Crippen LogP contribution in [0.1, 0.15) is 58.3 Å². The van der Waals surface area contributed by atoms with Gasteiger partial charge in [-0.3, -0.25) is 9.59 Å². The minimum absolute atomic E-state index is 0.182. The summed E-state index contributed by atoms with van der Waals surface area (Å²) in [5.74, 6) is -0.235. The summed E-state index contributed by atoms with van der Waals surface area (Å²) in [5, 5.41) is 4.35. The van der Waals surface area contributed by atoms with Gasteiger partial charge in [-0.05, 0) is 48.3 Å². The van der Waals surface area contributed by atoms with Gasteiger partial charge in [-0.15, -0.1) is 11.3 Å². The molecule has 5 rings (SSSR count). The van der Waals surface area contributed by atoms with E-state index in [0.29, 0.717) is 22.0 Å². The number of aromatic nitrogens is 1. The van der Waals surface area contributed by atoms with Gasteiger partial charge in [-0.1, -0.05) is 69.3 Å². The first-order valence-corrected chi connectivity index (χ1v) is 12.7. The zero-order valence-corrected chi connectivity index (χ0v) is 21.0. The predicted octanol–water partition coefficient (Wildman–Crippen LogP) is 6.47. The molecule has 0 bridgehead atoms. The number of carbonyl (C=O) groups excluding carboxylic acids is 2. The lowest BCUT2D eigenvalue weighted by molar-refractivity contribution is 0.1000. The van der Waals surface area contributed by atoms with Crippen LogP contribution in [0.3, 0.4) is 0 Å². The largest absolute Gasteiger partial charge is 0.365 e. The molecule has 178 valence electrons. The highest BCUT2D eigenvalue weighted by Crippen LogP contribution is 2.44. The van der Waals surface area contributed by atoms with Gasteiger partial charge in [-0.2, -0.15) is 0 Å². The topological polar surface area (TPSA) is 85.1 Å². The molecule has 6 heteroatoms. The molecule has 2 aromatic heterocycles. The zero-order valence-electron chi connectivity index (χ0n) is 20.2. The van der Waals surface area contributed by atoms with Gasteiger partial charge >= 0.3 is 0 Å². The number of carbonyl (C=O) groups is 2. The molecule has 1 unspecified atom stereocenters. The monoisotopic (exact) mass is 483 g/mol. The summed E-state index contributed by atoms with van der Waals surface area (Å²) in [5.41, 5.74) is 10.4. The molecule has 2 heterocycles. The lowest BCUT2D eigenvalue weighted by atomic mass is 9.72. The molecule has 2 aromatic carbocycles. The molecule has 5 nitrogen and oxygen atoms in total. The number of nitrogens with zero attached hydrogens (tertiary/aromatic N) is 1. The van der Waals surface area contributed by atoms with Crippen molar-refractivity contribution in [3.8, 4) is 11.3 Å². The Morgan fingerprint density at radius 3 is 2.49 bits per heavy atom. The standard InChI is InChI=1S/C29H29N3O2S/c1-29(2,3)18-13-14-20-24(15-18)35-28(25(20)26(30)33)32-27(34)21-16-23(17-9-5-4-6-10-17)31-22-12-8-7-11-19(21)22/h4-12,16,18H,13-15H2,1-3H3,(H2,30,33)(H,32,34). The molecule has 1 aliphatic rings. The molecule has 0 radical (unpaired) electrons. The molecule has 3 N–H and O–H groups in total. The Bertz CT molecular complexity index is 1430. The van der Waals surface area contributed by atoms with Crippen molar-refractivity contribution < 1.29 is 9.59 Å². The number of hydrogen-bond donors (Lipinski definition) is 2. The average Bonchev–Trinajstić information content (AvgIpc) is 3.20. The first-order valence-electron chi connectivity index (χ1n) is 11.9. The molecular weight excluding hydrogens is 454 g/mol. The van der Waals surface area contributed by atoms with Crippen molar-refractivity contribution in [2.24, 2.45) is 17.1 Å². The highest BCUT2D eigenvalue weighted by atomic mass is 32.1. The summed E-state index contributed by atoms with van der Waals surface area (Å²) in [7, 11) is 0. The van der Waals surface area contributed by atoms with Crippen LogP contribution in [0.4, 0.5) is 5.00 Å². The quantitative estimate of drug-likeness (QED) is 0.349. The predicted molar refractivity (Wildman–Crippen MR) is 143 cm³/mol. The van der Waals surface area contributed by atoms with Crippen LogP contribution in [-0.2, 0) is 12.8 Å². The third kappa shape index (κ3) is 4.46. The number of anilines is 1. The maximum atomic E-state index is 13.6. The molecule has 0 saturated heterocycles. The summed E-state index contributed by atoms with van der Waals surface area (Å²) >= 11 is 1.49. The Kier molecular flexibility index (Phi) is 5.93. The maximum Gasteiger partial charge on any atom is 0.257 e. The Morgan fingerprint density at radius 1 is 1.06 bits per heavy atom. The van der Waals surface area contributed by atoms with E-state index < -0.39 is 5.91 Å². The van der Waals surface area contributed by atoms with Crippen LogP contribution in [0.15, 0.2) is 60.7 Å². The van der Waals surface area contributed by atoms with Crippen molar-refractivity contribution in [2.75, 3.05) is 5.32 Å². The van der Waals surface area contributed by atoms with Crippen molar-refractivity contribution in [2.45, 2.75) is 40.0 Å². The van der Waals surface area contributed by atoms with Crippen molar-refractivity contribution >= 4 is 39.1 Å². The Morgan fingerprint density at radius 2 is 1.77 bits per heavy atom. The second-order valence-electron chi connectivity index (χ2n) is 10.3. The molecule has 0 aliphatic heterocycles. The minimum atomic E-state index is -0.489. The number of benzene rings is 2. The van der Waals surface area contributed by atoms with Gasteiger partial charge in [0.1, 0.15) is 5.00 Å². The van der Waals surface area contributed by atoms with Crippen LogP contribution >= 0.6 is 11.3 Å². The summed E-state index contributed by atoms with van der Waals surface area (Å²) in [6.45, 7) is 6.77. The van der Waals surface area contributed by atoms with Gasteiger partial charge < -0.3 is 11.1 Å². The summed E-state index contributed by atoms with van der Waals surface area (Å²) < 4.78 is 0. The summed E-state index contributed by atoms with van der Waals surface area (Å²) in [6.07, 6.45) is 2.71. The number of pyridine rings is 1. The van der Waals surface area contributed by atoms with Crippen molar-refractivity contribution in [1.29, 1.82) is 0 Å². The van der Waals surface area contributed by atoms with Gasteiger partial charge in [-0.25, -0.2) is 4.98 Å². The third-order valence-corrected chi connectivity index (χ3v) is 8.16. The van der Waals surface area contributed by atoms with Gasteiger partial charge in [0.05, 0.1) is 22.3 Å². The van der Waals surface area contributed by atoms with Crippen LogP contribution < -0.4 is 11.1 Å². The Balaban J connectivity index is 1.55. The lowest BCUT2D eigenvalue weighted by Crippen LogP contribution is -2.27. The van der Waals surface area contributed by atoms with Crippen molar-refractivity contribution in [1.82, 2.24) is 4.98 Å². The Hall–Kier alpha value is -3.51. The van der Waals surface area contributed by atoms with E-state index in [1.54, 1.807) is 0 Å². The first kappa shape index (κ1) is 23.2. The van der Waals surface area contributed by atoms with Crippen LogP contribution in [0.25, 0.3) is 22.2 Å². The number of thiophene rings is 1. The molecular formula is C29H29N3O2S. The fourth-order valence-corrected chi connectivity index (χ4v) is 6.29. The molecule has 35 heavy (non-hydrogen) atoms. The highest BCUT2D eigenvalue weighted by Gasteiger charge is 2.33. The molecule has 4 aromatic rings. The fraction of sp³-hybridized carbons (Fsp3) is 0.276. The molecule has 2 amide bonds. The van der Waals surface area contributed by atoms with E-state index >= 15 is 0 Å². The van der Waals surface area contributed by atoms with E-state index in [0.717, 1.165) is 51.9 Å². The third-order valence-electron chi connectivity index (χ3n) is 6.99. The molecule has 0 saturated carbocycles. The molecule has 0 fully saturated rings. The SMILES string of the molecule is CC(C)(C)C1CCc2c(sc(NC(=O)c3cc(-c4ccccc4)nc4ccccc34)c2C(N)=O)C1. The zero-order chi connectivity index (χ0) is 24.7. The molecule has 1 atom stereocenters. The number of rotatable bonds is 4. The maximum absolute atomic E-state index is 13.6. The van der Waals surface area contributed by atoms with E-state index in [4.69, 9.17) is 10.7 Å². The number of hydrogen-bond acceptors (Lipinski definition) is 4. The van der Waals surface area contributed by atoms with Gasteiger partial charge in [0.25, 0.3) is 11.8 Å². The number of nitrogens with two attached hydrogens (primary N) is 1. The van der Waals surface area contributed by atoms with Crippen molar-refractivity contribution in [3.63, 3.8) is 0 Å². The highest BCUT2D eigenvalue weighted by molar-refractivity contribution is 7.17. The first-order chi connectivity index (χ1) is 16.7. The van der Waals surface area contributed by atoms with Gasteiger partial charge in [0.2, 0.25) is 0 Å². The summed E-state index contributed by atoms with van der Waals surface area (Å²) in [4.78, 5) is 32.0. The number of amides is 2. The van der Waals surface area contributed by atoms with E-state index in [2.05, 4.69) is 26.1 Å². The van der Waals surface area contributed by atoms with Crippen LogP contribution in [0.5, 0.6) is 0 Å². The number of para-hydroxylation sites is 1. The van der Waals surface area contributed by atoms with Gasteiger partial charge in [0, 0.05) is 15.8 Å². The van der Waals surface area contributed by atoms with E-state index in [-0.39, 0.29) is 11.3 Å². The van der Waals surface area contributed by atoms with Gasteiger partial charge in [0.15, 0.2) is 0 Å². The number of nitrogens with one attached hydrogen (secondary N) is 1. The lowest BCUT2D eigenvalue weighted by Gasteiger charge is -2.33.